The number of piperidine rings is 2. The summed E-state index contributed by atoms with van der Waals surface area (Å²) in [5.41, 5.74) is 1.79. The summed E-state index contributed by atoms with van der Waals surface area (Å²) in [6.45, 7) is 3.58. The van der Waals surface area contributed by atoms with Gasteiger partial charge in [-0.1, -0.05) is 84.4 Å². The van der Waals surface area contributed by atoms with Gasteiger partial charge in [-0.05, 0) is 73.9 Å². The first-order valence-electron chi connectivity index (χ1n) is 17.2. The molecular weight excluding hydrogens is 626 g/mol. The van der Waals surface area contributed by atoms with E-state index < -0.39 is 11.0 Å². The molecule has 2 saturated heterocycles. The molecule has 2 N–H and O–H groups in total. The SMILES string of the molecule is COC(=O)CCC(=O)N1CCC(NC(=O)CC(CCCN2CCC(O)(c3ccc(Cl)cc3)CC2)(c2ccccc2)c2ccccc2)CC1. The van der Waals surface area contributed by atoms with Crippen molar-refractivity contribution in [1.82, 2.24) is 15.1 Å². The standard InChI is InChI=1S/C39H48ClN3O5/c1-48-37(46)18-17-36(45)43-25-19-34(20-26-43)41-35(44)29-38(30-9-4-2-5-10-30,31-11-6-3-7-12-31)21-8-24-42-27-22-39(47,23-28-42)32-13-15-33(40)16-14-32/h2-7,9-16,34,47H,8,17-29H2,1H3,(H,41,44). The van der Waals surface area contributed by atoms with Gasteiger partial charge < -0.3 is 25.0 Å². The van der Waals surface area contributed by atoms with Gasteiger partial charge in [0.15, 0.2) is 0 Å². The van der Waals surface area contributed by atoms with Crippen molar-refractivity contribution < 1.29 is 24.2 Å². The van der Waals surface area contributed by atoms with Crippen LogP contribution in [0.4, 0.5) is 0 Å². The second-order valence-corrected chi connectivity index (χ2v) is 13.7. The van der Waals surface area contributed by atoms with E-state index in [1.54, 1.807) is 4.90 Å². The van der Waals surface area contributed by atoms with Crippen molar-refractivity contribution in [2.75, 3.05) is 39.8 Å². The van der Waals surface area contributed by atoms with Crippen LogP contribution in [-0.4, -0.2) is 78.6 Å². The number of carbonyl (C=O) groups excluding carboxylic acids is 3. The van der Waals surface area contributed by atoms with E-state index in [1.165, 1.54) is 7.11 Å². The highest BCUT2D eigenvalue weighted by atomic mass is 35.5. The van der Waals surface area contributed by atoms with Crippen LogP contribution in [0.15, 0.2) is 84.9 Å². The van der Waals surface area contributed by atoms with Gasteiger partial charge in [0.1, 0.15) is 0 Å². The van der Waals surface area contributed by atoms with Crippen LogP contribution in [0.2, 0.25) is 5.02 Å². The first-order chi connectivity index (χ1) is 23.2. The average molecular weight is 674 g/mol. The fraction of sp³-hybridized carbons (Fsp3) is 0.462. The molecule has 9 heteroatoms. The number of amides is 2. The normalized spacial score (nSPS) is 17.1. The van der Waals surface area contributed by atoms with Crippen LogP contribution in [-0.2, 0) is 30.1 Å². The first kappa shape index (κ1) is 35.6. The number of esters is 1. The van der Waals surface area contributed by atoms with E-state index in [4.69, 9.17) is 11.6 Å². The molecule has 0 aromatic heterocycles. The lowest BCUT2D eigenvalue weighted by molar-refractivity contribution is -0.144. The molecule has 3 aromatic carbocycles. The lowest BCUT2D eigenvalue weighted by atomic mass is 9.68. The van der Waals surface area contributed by atoms with Crippen LogP contribution in [0, 0.1) is 0 Å². The van der Waals surface area contributed by atoms with Gasteiger partial charge in [0, 0.05) is 55.5 Å². The van der Waals surface area contributed by atoms with Gasteiger partial charge in [0.05, 0.1) is 19.1 Å². The Hall–Kier alpha value is -3.72. The second-order valence-electron chi connectivity index (χ2n) is 13.3. The minimum Gasteiger partial charge on any atom is -0.469 e. The monoisotopic (exact) mass is 673 g/mol. The number of ether oxygens (including phenoxy) is 1. The maximum absolute atomic E-state index is 13.9. The predicted molar refractivity (Wildman–Crippen MR) is 188 cm³/mol. The predicted octanol–water partition coefficient (Wildman–Crippen LogP) is 5.84. The van der Waals surface area contributed by atoms with Gasteiger partial charge in [-0.25, -0.2) is 0 Å². The van der Waals surface area contributed by atoms with Gasteiger partial charge >= 0.3 is 5.97 Å². The zero-order valence-corrected chi connectivity index (χ0v) is 28.7. The Bertz CT molecular complexity index is 1450. The molecule has 0 atom stereocenters. The van der Waals surface area contributed by atoms with Crippen LogP contribution in [0.5, 0.6) is 0 Å². The quantitative estimate of drug-likeness (QED) is 0.221. The minimum absolute atomic E-state index is 0.00387. The number of benzene rings is 3. The number of rotatable bonds is 13. The summed E-state index contributed by atoms with van der Waals surface area (Å²) in [6.07, 6.45) is 4.90. The van der Waals surface area contributed by atoms with Crippen LogP contribution in [0.3, 0.4) is 0 Å². The van der Waals surface area contributed by atoms with Crippen LogP contribution >= 0.6 is 11.6 Å². The molecule has 48 heavy (non-hydrogen) atoms. The molecule has 0 spiro atoms. The summed E-state index contributed by atoms with van der Waals surface area (Å²) >= 11 is 6.08. The molecule has 5 rings (SSSR count). The molecule has 0 saturated carbocycles. The lowest BCUT2D eigenvalue weighted by Gasteiger charge is -2.40. The van der Waals surface area contributed by atoms with Crippen LogP contribution in [0.1, 0.15) is 74.5 Å². The number of hydrogen-bond acceptors (Lipinski definition) is 6. The Morgan fingerprint density at radius 2 is 1.46 bits per heavy atom. The Morgan fingerprint density at radius 3 is 2.02 bits per heavy atom. The van der Waals surface area contributed by atoms with Gasteiger partial charge in [-0.15, -0.1) is 0 Å². The third-order valence-corrected chi connectivity index (χ3v) is 10.5. The summed E-state index contributed by atoms with van der Waals surface area (Å²) in [7, 11) is 1.32. The molecule has 8 nitrogen and oxygen atoms in total. The third kappa shape index (κ3) is 9.04. The van der Waals surface area contributed by atoms with Gasteiger partial charge in [-0.2, -0.15) is 0 Å². The molecule has 0 unspecified atom stereocenters. The fourth-order valence-electron chi connectivity index (χ4n) is 7.36. The van der Waals surface area contributed by atoms with Crippen molar-refractivity contribution in [1.29, 1.82) is 0 Å². The highest BCUT2D eigenvalue weighted by molar-refractivity contribution is 6.30. The number of aliphatic hydroxyl groups is 1. The number of carbonyl (C=O) groups is 3. The number of nitrogens with one attached hydrogen (secondary N) is 1. The largest absolute Gasteiger partial charge is 0.469 e. The average Bonchev–Trinajstić information content (AvgIpc) is 3.12. The smallest absolute Gasteiger partial charge is 0.306 e. The number of hydrogen-bond donors (Lipinski definition) is 2. The van der Waals surface area contributed by atoms with E-state index in [1.807, 2.05) is 60.7 Å². The van der Waals surface area contributed by atoms with E-state index in [9.17, 15) is 19.5 Å². The van der Waals surface area contributed by atoms with E-state index in [2.05, 4.69) is 39.2 Å². The number of halogens is 1. The number of nitrogens with zero attached hydrogens (tertiary/aromatic N) is 2. The minimum atomic E-state index is -0.844. The van der Waals surface area contributed by atoms with Crippen molar-refractivity contribution in [2.45, 2.75) is 74.8 Å². The summed E-state index contributed by atoms with van der Waals surface area (Å²) in [5, 5.41) is 15.4. The Labute approximate surface area is 289 Å². The van der Waals surface area contributed by atoms with Crippen molar-refractivity contribution in [3.8, 4) is 0 Å². The third-order valence-electron chi connectivity index (χ3n) is 10.2. The first-order valence-corrected chi connectivity index (χ1v) is 17.5. The summed E-state index contributed by atoms with van der Waals surface area (Å²) in [6, 6.07) is 28.2. The molecular formula is C39H48ClN3O5. The molecule has 2 fully saturated rings. The van der Waals surface area contributed by atoms with Crippen molar-refractivity contribution in [3.05, 3.63) is 107 Å². The maximum Gasteiger partial charge on any atom is 0.306 e. The topological polar surface area (TPSA) is 99.2 Å². The van der Waals surface area contributed by atoms with Crippen LogP contribution in [0.25, 0.3) is 0 Å². The van der Waals surface area contributed by atoms with Gasteiger partial charge in [-0.3, -0.25) is 14.4 Å². The Balaban J connectivity index is 1.23. The molecule has 3 aromatic rings. The Kier molecular flexibility index (Phi) is 12.3. The Morgan fingerprint density at radius 1 is 0.875 bits per heavy atom. The summed E-state index contributed by atoms with van der Waals surface area (Å²) in [5.74, 6) is -0.437. The highest BCUT2D eigenvalue weighted by Crippen LogP contribution is 2.41. The molecule has 0 radical (unpaired) electrons. The molecule has 256 valence electrons. The summed E-state index contributed by atoms with van der Waals surface area (Å²) < 4.78 is 4.66. The molecule has 2 heterocycles. The molecule has 2 aliphatic heterocycles. The molecule has 0 bridgehead atoms. The maximum atomic E-state index is 13.9. The second kappa shape index (κ2) is 16.6. The number of methoxy groups -OCH3 is 1. The van der Waals surface area contributed by atoms with Crippen molar-refractivity contribution in [3.63, 3.8) is 0 Å². The van der Waals surface area contributed by atoms with E-state index in [0.717, 1.165) is 49.2 Å². The van der Waals surface area contributed by atoms with E-state index in [0.29, 0.717) is 50.2 Å². The van der Waals surface area contributed by atoms with E-state index >= 15 is 0 Å². The molecule has 0 aliphatic carbocycles. The zero-order chi connectivity index (χ0) is 34.0. The zero-order valence-electron chi connectivity index (χ0n) is 27.9. The number of likely N-dealkylation sites (tertiary alicyclic amines) is 2. The summed E-state index contributed by atoms with van der Waals surface area (Å²) in [4.78, 5) is 42.1. The van der Waals surface area contributed by atoms with Crippen molar-refractivity contribution >= 4 is 29.4 Å². The van der Waals surface area contributed by atoms with Gasteiger partial charge in [0.25, 0.3) is 0 Å². The van der Waals surface area contributed by atoms with Crippen molar-refractivity contribution in [2.24, 2.45) is 0 Å². The molecule has 2 amide bonds. The molecule has 2 aliphatic rings. The van der Waals surface area contributed by atoms with Gasteiger partial charge in [0.2, 0.25) is 11.8 Å². The van der Waals surface area contributed by atoms with Crippen LogP contribution < -0.4 is 5.32 Å². The highest BCUT2D eigenvalue weighted by Gasteiger charge is 2.38. The lowest BCUT2D eigenvalue weighted by Crippen LogP contribution is -2.48. The fourth-order valence-corrected chi connectivity index (χ4v) is 7.48. The van der Waals surface area contributed by atoms with E-state index in [-0.39, 0.29) is 36.7 Å².